The first kappa shape index (κ1) is 105. The number of piperidine rings is 3. The minimum Gasteiger partial charge on any atom is -0.506 e. The van der Waals surface area contributed by atoms with Gasteiger partial charge in [-0.05, 0) is 281 Å². The first-order chi connectivity index (χ1) is 70.3. The third-order valence-electron chi connectivity index (χ3n) is 30.2. The molecule has 5 saturated heterocycles. The summed E-state index contributed by atoms with van der Waals surface area (Å²) in [6.07, 6.45) is 21.0. The van der Waals surface area contributed by atoms with E-state index in [1.165, 1.54) is 32.1 Å². The van der Waals surface area contributed by atoms with Gasteiger partial charge in [0, 0.05) is 191 Å². The number of hydrogen-bond donors (Lipinski definition) is 16. The van der Waals surface area contributed by atoms with Crippen molar-refractivity contribution in [1.29, 1.82) is 0 Å². The number of aryl methyl sites for hydroxylation is 10. The number of rotatable bonds is 13. The van der Waals surface area contributed by atoms with Crippen LogP contribution in [0.1, 0.15) is 291 Å². The number of hydrogen-bond acceptors (Lipinski definition) is 22. The number of carbonyl (C=O) groups excluding carboxylic acids is 10. The van der Waals surface area contributed by atoms with E-state index in [0.29, 0.717) is 200 Å². The number of carbonyl (C=O) groups is 10. The molecule has 10 aliphatic rings. The Labute approximate surface area is 859 Å². The van der Waals surface area contributed by atoms with Gasteiger partial charge in [0.2, 0.25) is 0 Å². The summed E-state index contributed by atoms with van der Waals surface area (Å²) in [6, 6.07) is 0. The normalized spacial score (nSPS) is 17.6. The van der Waals surface area contributed by atoms with E-state index >= 15 is 0 Å². The summed E-state index contributed by atoms with van der Waals surface area (Å²) in [5.41, 5.74) is 25.4. The lowest BCUT2D eigenvalue weighted by molar-refractivity contribution is -0.111. The van der Waals surface area contributed by atoms with Crippen LogP contribution in [0.25, 0.3) is 58.2 Å². The van der Waals surface area contributed by atoms with E-state index in [2.05, 4.69) is 98.6 Å². The van der Waals surface area contributed by atoms with Crippen LogP contribution in [0, 0.1) is 138 Å². The van der Waals surface area contributed by atoms with Crippen LogP contribution < -0.4 is 31.9 Å². The summed E-state index contributed by atoms with van der Waals surface area (Å²) < 4.78 is 0. The van der Waals surface area contributed by atoms with Crippen LogP contribution in [0.5, 0.6) is 28.7 Å². The van der Waals surface area contributed by atoms with Gasteiger partial charge in [0.05, 0.1) is 84.2 Å². The summed E-state index contributed by atoms with van der Waals surface area (Å²) in [6.45, 7) is 47.7. The molecule has 0 spiro atoms. The number of pyridine rings is 5. The maximum absolute atomic E-state index is 13.1. The molecule has 0 aliphatic carbocycles. The first-order valence-corrected chi connectivity index (χ1v) is 50.8. The van der Waals surface area contributed by atoms with Crippen molar-refractivity contribution in [3.05, 3.63) is 197 Å². The van der Waals surface area contributed by atoms with Gasteiger partial charge >= 0.3 is 0 Å². The number of nitrogens with zero attached hydrogens (tertiary/aromatic N) is 11. The fourth-order valence-electron chi connectivity index (χ4n) is 21.7. The number of nitrogens with one attached hydrogen (secondary N) is 11. The summed E-state index contributed by atoms with van der Waals surface area (Å²) in [5.74, 6) is 1.38. The van der Waals surface area contributed by atoms with Crippen LogP contribution in [-0.4, -0.2) is 263 Å². The fraction of sp³-hybridized carbons (Fsp3) is 0.414. The van der Waals surface area contributed by atoms with Gasteiger partial charge in [-0.1, -0.05) is 6.42 Å². The van der Waals surface area contributed by atoms with Crippen LogP contribution >= 0.6 is 0 Å². The van der Waals surface area contributed by atoms with Crippen molar-refractivity contribution in [2.24, 2.45) is 0 Å². The third-order valence-corrected chi connectivity index (χ3v) is 30.2. The summed E-state index contributed by atoms with van der Waals surface area (Å²) >= 11 is 0. The molecule has 5 fully saturated rings. The maximum Gasteiger partial charge on any atom is 0.257 e. The van der Waals surface area contributed by atoms with E-state index in [1.807, 2.05) is 88.8 Å². The molecule has 778 valence electrons. The average Bonchev–Trinajstić information content (AvgIpc) is 1.62. The highest BCUT2D eigenvalue weighted by molar-refractivity contribution is 6.38. The second kappa shape index (κ2) is 42.9. The van der Waals surface area contributed by atoms with Gasteiger partial charge in [-0.25, -0.2) is 24.9 Å². The molecule has 16 N–H and O–H groups in total. The number of likely N-dealkylation sites (tertiary alicyclic amines) is 4. The van der Waals surface area contributed by atoms with E-state index in [0.717, 1.165) is 184 Å². The Kier molecular flexibility index (Phi) is 30.5. The van der Waals surface area contributed by atoms with E-state index < -0.39 is 0 Å². The molecule has 10 aliphatic heterocycles. The predicted octanol–water partition coefficient (Wildman–Crippen LogP) is 15.3. The molecule has 0 atom stereocenters. The van der Waals surface area contributed by atoms with Gasteiger partial charge in [0.25, 0.3) is 59.1 Å². The minimum atomic E-state index is -0.278. The van der Waals surface area contributed by atoms with Gasteiger partial charge in [-0.2, -0.15) is 0 Å². The number of fused-ring (bicyclic) bond motifs is 5. The minimum absolute atomic E-state index is 0.0152. The number of likely N-dealkylation sites (N-methyl/N-ethyl adjacent to an activating group) is 1. The van der Waals surface area contributed by atoms with Crippen molar-refractivity contribution < 1.29 is 73.5 Å². The number of aromatic amines is 5. The van der Waals surface area contributed by atoms with Crippen LogP contribution in [-0.2, 0) is 24.0 Å². The number of anilines is 5. The van der Waals surface area contributed by atoms with Crippen molar-refractivity contribution in [3.8, 4) is 28.7 Å². The summed E-state index contributed by atoms with van der Waals surface area (Å²) in [4.78, 5) is 178. The molecule has 37 nitrogen and oxygen atoms in total. The molecule has 0 unspecified atom stereocenters. The Bertz CT molecular complexity index is 7180. The number of piperazine rings is 1. The zero-order valence-corrected chi connectivity index (χ0v) is 88.3. The largest absolute Gasteiger partial charge is 0.506 e. The van der Waals surface area contributed by atoms with Gasteiger partial charge < -0.3 is 112 Å². The van der Waals surface area contributed by atoms with Gasteiger partial charge in [-0.15, -0.1) is 0 Å². The smallest absolute Gasteiger partial charge is 0.257 e. The zero-order valence-electron chi connectivity index (χ0n) is 88.3. The molecule has 0 bridgehead atoms. The van der Waals surface area contributed by atoms with Crippen molar-refractivity contribution in [2.45, 2.75) is 209 Å². The Morgan fingerprint density at radius 3 is 0.716 bits per heavy atom. The lowest BCUT2D eigenvalue weighted by Gasteiger charge is -2.32. The van der Waals surface area contributed by atoms with Crippen LogP contribution in [0.2, 0.25) is 0 Å². The first-order valence-electron chi connectivity index (χ1n) is 50.8. The van der Waals surface area contributed by atoms with Gasteiger partial charge in [0.15, 0.2) is 0 Å². The van der Waals surface area contributed by atoms with E-state index in [9.17, 15) is 73.5 Å². The second-order valence-electron chi connectivity index (χ2n) is 40.3. The molecule has 0 saturated carbocycles. The molecular weight excluding hydrogens is 1880 g/mol. The summed E-state index contributed by atoms with van der Waals surface area (Å²) in [5, 5.41) is 68.3. The van der Waals surface area contributed by atoms with E-state index in [1.54, 1.807) is 99.6 Å². The molecule has 148 heavy (non-hydrogen) atoms. The molecule has 10 aromatic rings. The SMILES string of the molecule is Cc1nc2c(c(C)c1O)/C(=C/c1[nH]c(C)c(C(=O)N3CCCC3)c1C)C(=O)N2.Cc1nc2c(c(C)c1O)/C(=C/c1[nH]c(C)c(C(=O)N3CCCCC3)c1C)C(=O)N2.Cc1nc2c(c(C)c1O)/C(=C/c1[nH]c(C)c(C(=O)N3CCCCC3)c1C)C(=O)N2.Cc1nc2c(c(C)c1O)/C(=C/c1[nH]c(C)c(C(=O)N3CCN(C)CC3)c1C)C(=O)N2.Cc1nc2c(c(C)c1O)/C(=C/c1[nH]c(C)c(C(=O)NCCN3CCCCC3)c1C)C(=O)N2. The van der Waals surface area contributed by atoms with Gasteiger partial charge in [-0.3, -0.25) is 47.9 Å². The lowest BCUT2D eigenvalue weighted by atomic mass is 10.00. The Morgan fingerprint density at radius 2 is 0.480 bits per heavy atom. The lowest BCUT2D eigenvalue weighted by Crippen LogP contribution is -2.47. The number of aromatic hydroxyl groups is 5. The van der Waals surface area contributed by atoms with Crippen molar-refractivity contribution >= 4 is 146 Å². The number of amides is 10. The fourth-order valence-corrected chi connectivity index (χ4v) is 21.7. The molecule has 0 radical (unpaired) electrons. The molecular formula is C111H134N22O15. The topological polar surface area (TPSA) is 507 Å². The Hall–Kier alpha value is -15.5. The molecule has 20 heterocycles. The highest BCUT2D eigenvalue weighted by atomic mass is 16.3. The highest BCUT2D eigenvalue weighted by Gasteiger charge is 2.40. The third kappa shape index (κ3) is 20.4. The van der Waals surface area contributed by atoms with Crippen LogP contribution in [0.3, 0.4) is 0 Å². The monoisotopic (exact) mass is 2020 g/mol. The van der Waals surface area contributed by atoms with Crippen molar-refractivity contribution in [1.82, 2.24) is 84.6 Å². The van der Waals surface area contributed by atoms with E-state index in [4.69, 9.17) is 0 Å². The average molecular weight is 2020 g/mol. The molecule has 20 rings (SSSR count). The maximum atomic E-state index is 13.1. The highest BCUT2D eigenvalue weighted by Crippen LogP contribution is 2.47. The predicted molar refractivity (Wildman–Crippen MR) is 571 cm³/mol. The second-order valence-corrected chi connectivity index (χ2v) is 40.3. The van der Waals surface area contributed by atoms with Crippen LogP contribution in [0.4, 0.5) is 29.1 Å². The molecule has 37 heteroatoms. The summed E-state index contributed by atoms with van der Waals surface area (Å²) in [7, 11) is 2.06. The molecule has 10 amide bonds. The zero-order chi connectivity index (χ0) is 107. The Balaban J connectivity index is 0.000000132. The van der Waals surface area contributed by atoms with Gasteiger partial charge in [0.1, 0.15) is 57.8 Å². The standard InChI is InChI=1S/C24H31N5O3.C22H27N5O3.2C22H26N4O3.C21H24N4O3/c1-13-18(12-17-20-14(2)21(30)16(4)27-22(20)28-23(17)31)26-15(3)19(13)24(32)25-8-11-29-9-6-5-7-10-29;1-11-16(23-13(3)17(11)22(30)27-8-6-26(5)7-9-27)10-15-18-12(2)19(28)14(4)24-20(18)25-21(15)29;2*1-11-16(23-13(3)17(11)22(29)26-8-6-5-7-9-26)10-15-18-12(2)19(27)14(4)24-20(18)25-21(15)28;1-10-15(22-12(3)16(10)21(28)25-7-5-6-8-25)9-14-17-11(2)18(26)13(4)23-19(17)24-20(14)27/h12,26,30H,5-11H2,1-4H3,(H,25,32)(H,27,28,31);10,23,28H,6-9H2,1-5H3,(H,24,25,29);2*10,23,27H,5-9H2,1-4H3,(H,24,25,28);9,22,26H,5-8H2,1-4H3,(H,23,24,27)/b17-12-;3*15-10-;14-9-. The number of H-pyrrole nitrogens is 5. The quantitative estimate of drug-likeness (QED) is 0.0477. The van der Waals surface area contributed by atoms with E-state index in [-0.39, 0.29) is 87.8 Å². The Morgan fingerprint density at radius 1 is 0.277 bits per heavy atom. The van der Waals surface area contributed by atoms with Crippen molar-refractivity contribution in [2.75, 3.05) is 125 Å². The molecule has 0 aromatic carbocycles. The van der Waals surface area contributed by atoms with Crippen molar-refractivity contribution in [3.63, 3.8) is 0 Å². The number of aromatic nitrogens is 10. The van der Waals surface area contributed by atoms with Crippen LogP contribution in [0.15, 0.2) is 0 Å². The molecule has 10 aromatic heterocycles.